The molecule has 5 nitrogen and oxygen atoms in total. The third-order valence-corrected chi connectivity index (χ3v) is 5.28. The van der Waals surface area contributed by atoms with Gasteiger partial charge in [0, 0.05) is 12.1 Å². The predicted molar refractivity (Wildman–Crippen MR) is 122 cm³/mol. The SMILES string of the molecule is CCCCCCCC/C=C/CCCCCCCC(=O)Nc1ccc2[nH]nnc2c1. The van der Waals surface area contributed by atoms with E-state index >= 15 is 0 Å². The van der Waals surface area contributed by atoms with Crippen molar-refractivity contribution in [2.24, 2.45) is 0 Å². The van der Waals surface area contributed by atoms with E-state index in [1.165, 1.54) is 70.6 Å². The molecule has 2 rings (SSSR count). The molecular formula is C24H38N4O. The van der Waals surface area contributed by atoms with Gasteiger partial charge in [-0.15, -0.1) is 5.10 Å². The third-order valence-electron chi connectivity index (χ3n) is 5.28. The van der Waals surface area contributed by atoms with Crippen LogP contribution in [0, 0.1) is 0 Å². The standard InChI is InChI=1S/C24H38N4O/c1-2-3-4-5-6-7-8-9-10-11-12-13-14-15-16-17-24(29)25-21-18-19-22-23(20-21)27-28-26-22/h9-10,18-20H,2-8,11-17H2,1H3,(H,25,29)(H,26,27,28)/b10-9+. The number of anilines is 1. The summed E-state index contributed by atoms with van der Waals surface area (Å²) in [5, 5.41) is 13.5. The smallest absolute Gasteiger partial charge is 0.224 e. The van der Waals surface area contributed by atoms with Crippen molar-refractivity contribution in [3.63, 3.8) is 0 Å². The van der Waals surface area contributed by atoms with Crippen LogP contribution in [0.15, 0.2) is 30.4 Å². The lowest BCUT2D eigenvalue weighted by Crippen LogP contribution is -2.10. The van der Waals surface area contributed by atoms with Crippen LogP contribution in [-0.4, -0.2) is 21.3 Å². The van der Waals surface area contributed by atoms with Gasteiger partial charge in [-0.05, 0) is 50.3 Å². The fourth-order valence-corrected chi connectivity index (χ4v) is 3.50. The number of carbonyl (C=O) groups is 1. The molecule has 160 valence electrons. The molecule has 5 heteroatoms. The molecule has 0 atom stereocenters. The quantitative estimate of drug-likeness (QED) is 0.238. The molecule has 0 aliphatic heterocycles. The second-order valence-corrected chi connectivity index (χ2v) is 7.93. The molecular weight excluding hydrogens is 360 g/mol. The topological polar surface area (TPSA) is 70.7 Å². The first-order valence-corrected chi connectivity index (χ1v) is 11.5. The number of hydrogen-bond acceptors (Lipinski definition) is 3. The zero-order valence-corrected chi connectivity index (χ0v) is 18.1. The Morgan fingerprint density at radius 3 is 2.31 bits per heavy atom. The van der Waals surface area contributed by atoms with Crippen molar-refractivity contribution in [3.05, 3.63) is 30.4 Å². The van der Waals surface area contributed by atoms with Gasteiger partial charge >= 0.3 is 0 Å². The van der Waals surface area contributed by atoms with E-state index in [1.807, 2.05) is 18.2 Å². The number of fused-ring (bicyclic) bond motifs is 1. The number of hydrogen-bond donors (Lipinski definition) is 2. The van der Waals surface area contributed by atoms with Crippen LogP contribution in [0.1, 0.15) is 96.8 Å². The molecule has 0 spiro atoms. The number of nitrogens with one attached hydrogen (secondary N) is 2. The Bertz CT molecular complexity index is 722. The van der Waals surface area contributed by atoms with Crippen LogP contribution in [0.2, 0.25) is 0 Å². The van der Waals surface area contributed by atoms with Gasteiger partial charge in [0.05, 0.1) is 5.52 Å². The molecule has 0 saturated heterocycles. The molecule has 0 aliphatic carbocycles. The number of H-pyrrole nitrogens is 1. The second-order valence-electron chi connectivity index (χ2n) is 7.93. The Labute approximate surface area is 175 Å². The first-order chi connectivity index (χ1) is 14.3. The third kappa shape index (κ3) is 10.2. The number of rotatable bonds is 16. The van der Waals surface area contributed by atoms with Crippen LogP contribution in [0.5, 0.6) is 0 Å². The lowest BCUT2D eigenvalue weighted by Gasteiger charge is -2.05. The molecule has 29 heavy (non-hydrogen) atoms. The van der Waals surface area contributed by atoms with Crippen molar-refractivity contribution in [2.45, 2.75) is 96.8 Å². The van der Waals surface area contributed by atoms with Crippen LogP contribution in [0.3, 0.4) is 0 Å². The Morgan fingerprint density at radius 2 is 1.59 bits per heavy atom. The summed E-state index contributed by atoms with van der Waals surface area (Å²) < 4.78 is 0. The fourth-order valence-electron chi connectivity index (χ4n) is 3.50. The van der Waals surface area contributed by atoms with Crippen molar-refractivity contribution in [1.29, 1.82) is 0 Å². The van der Waals surface area contributed by atoms with Crippen molar-refractivity contribution in [2.75, 3.05) is 5.32 Å². The van der Waals surface area contributed by atoms with Gasteiger partial charge in [-0.3, -0.25) is 9.89 Å². The van der Waals surface area contributed by atoms with Crippen molar-refractivity contribution < 1.29 is 4.79 Å². The Kier molecular flexibility index (Phi) is 11.8. The highest BCUT2D eigenvalue weighted by Gasteiger charge is 2.04. The summed E-state index contributed by atoms with van der Waals surface area (Å²) in [5.74, 6) is 0.0745. The largest absolute Gasteiger partial charge is 0.326 e. The van der Waals surface area contributed by atoms with Gasteiger partial charge in [0.25, 0.3) is 0 Å². The maximum atomic E-state index is 12.1. The summed E-state index contributed by atoms with van der Waals surface area (Å²) in [6.45, 7) is 2.27. The van der Waals surface area contributed by atoms with E-state index in [9.17, 15) is 4.79 Å². The summed E-state index contributed by atoms with van der Waals surface area (Å²) in [4.78, 5) is 12.1. The number of unbranched alkanes of at least 4 members (excludes halogenated alkanes) is 11. The molecule has 0 radical (unpaired) electrons. The lowest BCUT2D eigenvalue weighted by atomic mass is 10.1. The fraction of sp³-hybridized carbons (Fsp3) is 0.625. The number of aromatic nitrogens is 3. The van der Waals surface area contributed by atoms with Gasteiger partial charge in [0.1, 0.15) is 5.52 Å². The zero-order chi connectivity index (χ0) is 20.6. The van der Waals surface area contributed by atoms with Crippen LogP contribution in [0.25, 0.3) is 11.0 Å². The summed E-state index contributed by atoms with van der Waals surface area (Å²) >= 11 is 0. The summed E-state index contributed by atoms with van der Waals surface area (Å²) in [5.41, 5.74) is 2.42. The number of amides is 1. The monoisotopic (exact) mass is 398 g/mol. The number of benzene rings is 1. The number of allylic oxidation sites excluding steroid dienone is 2. The average molecular weight is 399 g/mol. The maximum Gasteiger partial charge on any atom is 0.224 e. The van der Waals surface area contributed by atoms with Crippen LogP contribution in [-0.2, 0) is 4.79 Å². The Hall–Kier alpha value is -2.17. The lowest BCUT2D eigenvalue weighted by molar-refractivity contribution is -0.116. The Morgan fingerprint density at radius 1 is 0.931 bits per heavy atom. The van der Waals surface area contributed by atoms with Gasteiger partial charge in [0.15, 0.2) is 0 Å². The van der Waals surface area contributed by atoms with E-state index in [0.29, 0.717) is 6.42 Å². The average Bonchev–Trinajstić information content (AvgIpc) is 3.19. The molecule has 1 aromatic carbocycles. The van der Waals surface area contributed by atoms with Gasteiger partial charge in [-0.1, -0.05) is 75.7 Å². The van der Waals surface area contributed by atoms with E-state index in [0.717, 1.165) is 29.6 Å². The van der Waals surface area contributed by atoms with Crippen LogP contribution >= 0.6 is 0 Å². The van der Waals surface area contributed by atoms with E-state index in [1.54, 1.807) is 0 Å². The highest BCUT2D eigenvalue weighted by Crippen LogP contribution is 2.16. The normalized spacial score (nSPS) is 11.5. The van der Waals surface area contributed by atoms with Gasteiger partial charge in [-0.2, -0.15) is 0 Å². The molecule has 1 heterocycles. The number of carbonyl (C=O) groups excluding carboxylic acids is 1. The molecule has 0 saturated carbocycles. The van der Waals surface area contributed by atoms with E-state index in [2.05, 4.69) is 39.8 Å². The molecule has 2 N–H and O–H groups in total. The van der Waals surface area contributed by atoms with Crippen LogP contribution in [0.4, 0.5) is 5.69 Å². The molecule has 1 amide bonds. The van der Waals surface area contributed by atoms with E-state index in [-0.39, 0.29) is 5.91 Å². The van der Waals surface area contributed by atoms with E-state index in [4.69, 9.17) is 0 Å². The minimum Gasteiger partial charge on any atom is -0.326 e. The van der Waals surface area contributed by atoms with Crippen molar-refractivity contribution in [3.8, 4) is 0 Å². The molecule has 0 aliphatic rings. The van der Waals surface area contributed by atoms with Gasteiger partial charge in [0.2, 0.25) is 5.91 Å². The summed E-state index contributed by atoms with van der Waals surface area (Å²) in [6.07, 6.45) is 21.8. The van der Waals surface area contributed by atoms with E-state index < -0.39 is 0 Å². The number of nitrogens with zero attached hydrogens (tertiary/aromatic N) is 2. The van der Waals surface area contributed by atoms with Crippen LogP contribution < -0.4 is 5.32 Å². The summed E-state index contributed by atoms with van der Waals surface area (Å²) in [7, 11) is 0. The number of aromatic amines is 1. The highest BCUT2D eigenvalue weighted by molar-refractivity contribution is 5.92. The van der Waals surface area contributed by atoms with Crippen molar-refractivity contribution in [1.82, 2.24) is 15.4 Å². The Balaban J connectivity index is 1.40. The van der Waals surface area contributed by atoms with Gasteiger partial charge < -0.3 is 5.32 Å². The summed E-state index contributed by atoms with van der Waals surface area (Å²) in [6, 6.07) is 5.60. The maximum absolute atomic E-state index is 12.1. The van der Waals surface area contributed by atoms with Gasteiger partial charge in [-0.25, -0.2) is 0 Å². The predicted octanol–water partition coefficient (Wildman–Crippen LogP) is 6.93. The minimum atomic E-state index is 0.0745. The molecule has 0 unspecified atom stereocenters. The first-order valence-electron chi connectivity index (χ1n) is 11.5. The highest BCUT2D eigenvalue weighted by atomic mass is 16.1. The minimum absolute atomic E-state index is 0.0745. The molecule has 1 aromatic heterocycles. The second kappa shape index (κ2) is 14.8. The van der Waals surface area contributed by atoms with Crippen molar-refractivity contribution >= 4 is 22.6 Å². The molecule has 2 aromatic rings. The first kappa shape index (κ1) is 23.1. The molecule has 0 fully saturated rings. The molecule has 0 bridgehead atoms. The zero-order valence-electron chi connectivity index (χ0n) is 18.1.